The SMILES string of the molecule is CC(=O)c1cc(CN2CCn3nc(CNc4ncccn4)cc3C2)cs1. The Hall–Kier alpha value is -2.58. The number of rotatable bonds is 6. The van der Waals surface area contributed by atoms with Gasteiger partial charge >= 0.3 is 0 Å². The third-order valence-electron chi connectivity index (χ3n) is 4.33. The molecule has 26 heavy (non-hydrogen) atoms. The van der Waals surface area contributed by atoms with Crippen molar-refractivity contribution in [3.05, 3.63) is 57.8 Å². The molecule has 3 aromatic rings. The largest absolute Gasteiger partial charge is 0.348 e. The van der Waals surface area contributed by atoms with Gasteiger partial charge < -0.3 is 5.32 Å². The van der Waals surface area contributed by atoms with E-state index in [4.69, 9.17) is 0 Å². The van der Waals surface area contributed by atoms with Gasteiger partial charge in [0.1, 0.15) is 0 Å². The Morgan fingerprint density at radius 1 is 1.27 bits per heavy atom. The summed E-state index contributed by atoms with van der Waals surface area (Å²) in [5, 5.41) is 9.94. The second-order valence-corrected chi connectivity index (χ2v) is 7.27. The molecule has 134 valence electrons. The lowest BCUT2D eigenvalue weighted by molar-refractivity contribution is 0.102. The summed E-state index contributed by atoms with van der Waals surface area (Å²) in [5.74, 6) is 0.747. The lowest BCUT2D eigenvalue weighted by Gasteiger charge is -2.27. The van der Waals surface area contributed by atoms with Crippen LogP contribution < -0.4 is 5.32 Å². The zero-order valence-corrected chi connectivity index (χ0v) is 15.4. The van der Waals surface area contributed by atoms with Crippen molar-refractivity contribution < 1.29 is 4.79 Å². The van der Waals surface area contributed by atoms with Crippen LogP contribution in [0.1, 0.15) is 33.5 Å². The van der Waals surface area contributed by atoms with Gasteiger partial charge in [-0.15, -0.1) is 11.3 Å². The fraction of sp³-hybridized carbons (Fsp3) is 0.333. The fourth-order valence-corrected chi connectivity index (χ4v) is 3.87. The first-order chi connectivity index (χ1) is 12.7. The molecule has 0 spiro atoms. The summed E-state index contributed by atoms with van der Waals surface area (Å²) in [6.07, 6.45) is 3.43. The number of anilines is 1. The molecule has 0 fully saturated rings. The minimum atomic E-state index is 0.137. The molecule has 1 N–H and O–H groups in total. The highest BCUT2D eigenvalue weighted by Gasteiger charge is 2.19. The number of Topliss-reactive ketones (excluding diaryl/α,β-unsaturated/α-hetero) is 1. The molecule has 0 radical (unpaired) electrons. The van der Waals surface area contributed by atoms with E-state index in [1.54, 1.807) is 25.4 Å². The molecule has 8 heteroatoms. The molecule has 4 rings (SSSR count). The average Bonchev–Trinajstić information content (AvgIpc) is 3.27. The van der Waals surface area contributed by atoms with E-state index in [9.17, 15) is 4.79 Å². The molecule has 0 saturated carbocycles. The number of thiophene rings is 1. The van der Waals surface area contributed by atoms with Crippen molar-refractivity contribution in [1.82, 2.24) is 24.6 Å². The van der Waals surface area contributed by atoms with Crippen molar-refractivity contribution in [2.24, 2.45) is 0 Å². The lowest BCUT2D eigenvalue weighted by Crippen LogP contribution is -2.33. The third kappa shape index (κ3) is 3.81. The van der Waals surface area contributed by atoms with Gasteiger partial charge in [0.25, 0.3) is 0 Å². The van der Waals surface area contributed by atoms with E-state index in [0.29, 0.717) is 12.5 Å². The molecule has 3 aromatic heterocycles. The van der Waals surface area contributed by atoms with E-state index in [0.717, 1.165) is 36.8 Å². The van der Waals surface area contributed by atoms with Crippen molar-refractivity contribution >= 4 is 23.1 Å². The molecule has 0 amide bonds. The summed E-state index contributed by atoms with van der Waals surface area (Å²) in [6, 6.07) is 5.94. The Morgan fingerprint density at radius 3 is 2.88 bits per heavy atom. The monoisotopic (exact) mass is 368 g/mol. The van der Waals surface area contributed by atoms with Crippen molar-refractivity contribution in [3.8, 4) is 0 Å². The average molecular weight is 368 g/mol. The molecule has 0 atom stereocenters. The molecule has 0 saturated heterocycles. The van der Waals surface area contributed by atoms with Crippen molar-refractivity contribution in [2.75, 3.05) is 11.9 Å². The number of fused-ring (bicyclic) bond motifs is 1. The highest BCUT2D eigenvalue weighted by Crippen LogP contribution is 2.20. The molecule has 4 heterocycles. The predicted molar refractivity (Wildman–Crippen MR) is 100 cm³/mol. The summed E-state index contributed by atoms with van der Waals surface area (Å²) in [6.45, 7) is 5.78. The minimum absolute atomic E-state index is 0.137. The molecule has 1 aliphatic rings. The molecule has 7 nitrogen and oxygen atoms in total. The van der Waals surface area contributed by atoms with Crippen molar-refractivity contribution in [2.45, 2.75) is 33.1 Å². The van der Waals surface area contributed by atoms with Crippen LogP contribution in [0.4, 0.5) is 5.95 Å². The first-order valence-corrected chi connectivity index (χ1v) is 9.42. The molecular weight excluding hydrogens is 348 g/mol. The number of nitrogens with one attached hydrogen (secondary N) is 1. The van der Waals surface area contributed by atoms with Gasteiger partial charge in [0.05, 0.1) is 29.4 Å². The van der Waals surface area contributed by atoms with Crippen LogP contribution in [-0.4, -0.2) is 37.0 Å². The zero-order chi connectivity index (χ0) is 17.9. The topological polar surface area (TPSA) is 75.9 Å². The van der Waals surface area contributed by atoms with Gasteiger partial charge in [-0.3, -0.25) is 14.4 Å². The van der Waals surface area contributed by atoms with Gasteiger partial charge in [-0.2, -0.15) is 5.10 Å². The molecule has 0 aromatic carbocycles. The third-order valence-corrected chi connectivity index (χ3v) is 5.41. The van der Waals surface area contributed by atoms with Crippen LogP contribution in [-0.2, 0) is 26.2 Å². The minimum Gasteiger partial charge on any atom is -0.348 e. The number of carbonyl (C=O) groups excluding carboxylic acids is 1. The zero-order valence-electron chi connectivity index (χ0n) is 14.6. The fourth-order valence-electron chi connectivity index (χ4n) is 3.06. The number of ketones is 1. The highest BCUT2D eigenvalue weighted by atomic mass is 32.1. The highest BCUT2D eigenvalue weighted by molar-refractivity contribution is 7.12. The van der Waals surface area contributed by atoms with E-state index in [1.165, 1.54) is 22.6 Å². The van der Waals surface area contributed by atoms with Crippen LogP contribution >= 0.6 is 11.3 Å². The summed E-state index contributed by atoms with van der Waals surface area (Å²) < 4.78 is 2.08. The maximum Gasteiger partial charge on any atom is 0.222 e. The Labute approximate surface area is 155 Å². The second-order valence-electron chi connectivity index (χ2n) is 6.36. The maximum atomic E-state index is 11.5. The predicted octanol–water partition coefficient (Wildman–Crippen LogP) is 2.57. The Morgan fingerprint density at radius 2 is 2.12 bits per heavy atom. The van der Waals surface area contributed by atoms with E-state index < -0.39 is 0 Å². The molecule has 0 bridgehead atoms. The standard InChI is InChI=1S/C18H20N6OS/c1-13(25)17-7-14(12-26-17)10-23-5-6-24-16(11-23)8-15(22-24)9-21-18-19-3-2-4-20-18/h2-4,7-8,12H,5-6,9-11H2,1H3,(H,19,20,21). The molecule has 0 unspecified atom stereocenters. The quantitative estimate of drug-likeness (QED) is 0.674. The van der Waals surface area contributed by atoms with E-state index in [1.807, 2.05) is 6.07 Å². The molecular formula is C18H20N6OS. The normalized spacial score (nSPS) is 14.2. The summed E-state index contributed by atoms with van der Waals surface area (Å²) in [5.41, 5.74) is 3.41. The maximum absolute atomic E-state index is 11.5. The lowest BCUT2D eigenvalue weighted by atomic mass is 10.2. The number of nitrogens with zero attached hydrogens (tertiary/aromatic N) is 5. The van der Waals surface area contributed by atoms with Gasteiger partial charge in [-0.25, -0.2) is 9.97 Å². The first kappa shape index (κ1) is 16.9. The van der Waals surface area contributed by atoms with Gasteiger partial charge in [0.15, 0.2) is 5.78 Å². The number of aromatic nitrogens is 4. The smallest absolute Gasteiger partial charge is 0.222 e. The summed E-state index contributed by atoms with van der Waals surface area (Å²) >= 11 is 1.53. The van der Waals surface area contributed by atoms with Gasteiger partial charge in [0.2, 0.25) is 5.95 Å². The van der Waals surface area contributed by atoms with E-state index in [2.05, 4.69) is 41.4 Å². The van der Waals surface area contributed by atoms with Crippen molar-refractivity contribution in [3.63, 3.8) is 0 Å². The Kier molecular flexibility index (Phi) is 4.77. The van der Waals surface area contributed by atoms with Crippen LogP contribution in [0.2, 0.25) is 0 Å². The van der Waals surface area contributed by atoms with E-state index >= 15 is 0 Å². The summed E-state index contributed by atoms with van der Waals surface area (Å²) in [4.78, 5) is 23.0. The van der Waals surface area contributed by atoms with Crippen LogP contribution in [0.25, 0.3) is 0 Å². The number of carbonyl (C=O) groups is 1. The van der Waals surface area contributed by atoms with Gasteiger partial charge in [-0.05, 0) is 36.1 Å². The van der Waals surface area contributed by atoms with Gasteiger partial charge in [-0.1, -0.05) is 0 Å². The van der Waals surface area contributed by atoms with Crippen LogP contribution in [0.5, 0.6) is 0 Å². The molecule has 1 aliphatic heterocycles. The van der Waals surface area contributed by atoms with Crippen LogP contribution in [0, 0.1) is 0 Å². The van der Waals surface area contributed by atoms with Crippen molar-refractivity contribution in [1.29, 1.82) is 0 Å². The Bertz CT molecular complexity index is 904. The number of hydrogen-bond acceptors (Lipinski definition) is 7. The Balaban J connectivity index is 1.37. The second kappa shape index (κ2) is 7.35. The first-order valence-electron chi connectivity index (χ1n) is 8.54. The van der Waals surface area contributed by atoms with Crippen LogP contribution in [0.3, 0.4) is 0 Å². The molecule has 0 aliphatic carbocycles. The summed E-state index contributed by atoms with van der Waals surface area (Å²) in [7, 11) is 0. The van der Waals surface area contributed by atoms with Crippen LogP contribution in [0.15, 0.2) is 36.0 Å². The van der Waals surface area contributed by atoms with E-state index in [-0.39, 0.29) is 5.78 Å². The number of hydrogen-bond donors (Lipinski definition) is 1. The van der Waals surface area contributed by atoms with Gasteiger partial charge in [0, 0.05) is 32.0 Å².